The predicted octanol–water partition coefficient (Wildman–Crippen LogP) is 4.30. The molecule has 4 nitrogen and oxygen atoms in total. The Morgan fingerprint density at radius 1 is 1.04 bits per heavy atom. The number of hydrogen-bond acceptors (Lipinski definition) is 3. The van der Waals surface area contributed by atoms with Crippen molar-refractivity contribution in [3.63, 3.8) is 0 Å². The van der Waals surface area contributed by atoms with Gasteiger partial charge in [-0.05, 0) is 52.9 Å². The van der Waals surface area contributed by atoms with Crippen molar-refractivity contribution >= 4 is 22.6 Å². The van der Waals surface area contributed by atoms with Crippen LogP contribution in [-0.2, 0) is 6.18 Å². The number of benzene rings is 1. The highest BCUT2D eigenvalue weighted by Crippen LogP contribution is 2.31. The minimum atomic E-state index is -4.63. The fourth-order valence-electron chi connectivity index (χ4n) is 1.88. The van der Waals surface area contributed by atoms with E-state index in [0.717, 1.165) is 18.2 Å². The minimum absolute atomic E-state index is 0.0359. The molecule has 118 valence electrons. The topological polar surface area (TPSA) is 54.5 Å². The van der Waals surface area contributed by atoms with Crippen molar-refractivity contribution in [2.24, 2.45) is 0 Å². The molecule has 1 N–H and O–H groups in total. The van der Waals surface area contributed by atoms with Crippen LogP contribution in [0.25, 0.3) is 22.9 Å². The Hall–Kier alpha value is -2.04. The Morgan fingerprint density at radius 2 is 1.74 bits per heavy atom. The Morgan fingerprint density at radius 3 is 2.30 bits per heavy atom. The lowest BCUT2D eigenvalue weighted by Gasteiger charge is -2.09. The van der Waals surface area contributed by atoms with Crippen molar-refractivity contribution in [3.05, 3.63) is 51.7 Å². The van der Waals surface area contributed by atoms with E-state index in [1.165, 1.54) is 18.3 Å². The molecule has 0 fully saturated rings. The number of H-pyrrole nitrogens is 1. The quantitative estimate of drug-likeness (QED) is 0.484. The van der Waals surface area contributed by atoms with Crippen LogP contribution in [0.2, 0.25) is 0 Å². The molecule has 0 aliphatic rings. The van der Waals surface area contributed by atoms with E-state index in [2.05, 4.69) is 19.9 Å². The first-order valence-corrected chi connectivity index (χ1v) is 7.34. The molecular weight excluding hydrogens is 427 g/mol. The third kappa shape index (κ3) is 3.49. The zero-order valence-corrected chi connectivity index (χ0v) is 13.4. The van der Waals surface area contributed by atoms with Crippen molar-refractivity contribution in [1.29, 1.82) is 0 Å². The van der Waals surface area contributed by atoms with Gasteiger partial charge in [0, 0.05) is 5.56 Å². The number of halogens is 5. The van der Waals surface area contributed by atoms with Gasteiger partial charge < -0.3 is 4.98 Å². The second-order valence-corrected chi connectivity index (χ2v) is 5.71. The Balaban J connectivity index is 2.17. The zero-order valence-electron chi connectivity index (χ0n) is 11.2. The highest BCUT2D eigenvalue weighted by molar-refractivity contribution is 14.1. The zero-order chi connectivity index (χ0) is 16.6. The summed E-state index contributed by atoms with van der Waals surface area (Å²) >= 11 is 1.94. The molecule has 0 spiro atoms. The largest absolute Gasteiger partial charge is 0.433 e. The van der Waals surface area contributed by atoms with Crippen molar-refractivity contribution in [2.45, 2.75) is 6.18 Å². The number of nitrogens with zero attached hydrogens (tertiary/aromatic N) is 3. The molecule has 0 bridgehead atoms. The molecule has 0 saturated heterocycles. The van der Waals surface area contributed by atoms with E-state index in [-0.39, 0.29) is 17.3 Å². The van der Waals surface area contributed by atoms with Gasteiger partial charge in [0.05, 0.1) is 15.6 Å². The minimum Gasteiger partial charge on any atom is -0.331 e. The molecular formula is C14H7F4IN4. The molecule has 0 atom stereocenters. The fraction of sp³-hybridized carbons (Fsp3) is 0.0714. The van der Waals surface area contributed by atoms with Crippen LogP contribution in [0, 0.1) is 9.52 Å². The van der Waals surface area contributed by atoms with Gasteiger partial charge in [-0.1, -0.05) is 0 Å². The van der Waals surface area contributed by atoms with E-state index in [4.69, 9.17) is 0 Å². The third-order valence-corrected chi connectivity index (χ3v) is 3.46. The molecule has 3 rings (SSSR count). The summed E-state index contributed by atoms with van der Waals surface area (Å²) in [4.78, 5) is 14.3. The van der Waals surface area contributed by atoms with Gasteiger partial charge >= 0.3 is 6.18 Å². The molecule has 0 amide bonds. The number of alkyl halides is 3. The first-order valence-electron chi connectivity index (χ1n) is 6.26. The standard InChI is InChI=1S/C14H7F4IN4/c15-8-3-1-7(2-4-8)9-5-10(14(16,17)18)22-13(21-9)12-20-6-11(19)23-12/h1-6H,(H,20,23). The highest BCUT2D eigenvalue weighted by atomic mass is 127. The Bertz CT molecular complexity index is 843. The fourth-order valence-corrected chi connectivity index (χ4v) is 2.27. The maximum atomic E-state index is 13.1. The summed E-state index contributed by atoms with van der Waals surface area (Å²) in [6, 6.07) is 5.84. The third-order valence-electron chi connectivity index (χ3n) is 2.91. The second-order valence-electron chi connectivity index (χ2n) is 4.55. The van der Waals surface area contributed by atoms with Gasteiger partial charge in [-0.2, -0.15) is 13.2 Å². The van der Waals surface area contributed by atoms with E-state index >= 15 is 0 Å². The predicted molar refractivity (Wildman–Crippen MR) is 82.7 cm³/mol. The van der Waals surface area contributed by atoms with Crippen LogP contribution in [0.15, 0.2) is 36.5 Å². The molecule has 23 heavy (non-hydrogen) atoms. The van der Waals surface area contributed by atoms with E-state index in [1.54, 1.807) is 0 Å². The van der Waals surface area contributed by atoms with Gasteiger partial charge in [0.2, 0.25) is 0 Å². The molecule has 2 heterocycles. The van der Waals surface area contributed by atoms with Crippen LogP contribution in [0.3, 0.4) is 0 Å². The van der Waals surface area contributed by atoms with E-state index in [1.807, 2.05) is 22.6 Å². The van der Waals surface area contributed by atoms with Crippen LogP contribution in [0.5, 0.6) is 0 Å². The molecule has 0 aliphatic carbocycles. The van der Waals surface area contributed by atoms with Crippen LogP contribution < -0.4 is 0 Å². The van der Waals surface area contributed by atoms with Crippen molar-refractivity contribution in [2.75, 3.05) is 0 Å². The summed E-state index contributed by atoms with van der Waals surface area (Å²) < 4.78 is 52.8. The molecule has 9 heteroatoms. The lowest BCUT2D eigenvalue weighted by molar-refractivity contribution is -0.141. The average Bonchev–Trinajstić information content (AvgIpc) is 2.93. The number of imidazole rings is 1. The van der Waals surface area contributed by atoms with E-state index in [9.17, 15) is 17.6 Å². The maximum Gasteiger partial charge on any atom is 0.433 e. The van der Waals surface area contributed by atoms with Gasteiger partial charge in [0.15, 0.2) is 11.6 Å². The lowest BCUT2D eigenvalue weighted by atomic mass is 10.1. The monoisotopic (exact) mass is 434 g/mol. The number of nitrogens with one attached hydrogen (secondary N) is 1. The smallest absolute Gasteiger partial charge is 0.331 e. The first kappa shape index (κ1) is 15.8. The molecule has 2 aromatic heterocycles. The summed E-state index contributed by atoms with van der Waals surface area (Å²) in [5.41, 5.74) is -0.705. The molecule has 3 aromatic rings. The Kier molecular flexibility index (Phi) is 4.04. The number of aromatic amines is 1. The number of aromatic nitrogens is 4. The molecule has 0 radical (unpaired) electrons. The molecule has 0 saturated carbocycles. The summed E-state index contributed by atoms with van der Waals surface area (Å²) in [7, 11) is 0. The van der Waals surface area contributed by atoms with E-state index in [0.29, 0.717) is 9.26 Å². The number of hydrogen-bond donors (Lipinski definition) is 1. The van der Waals surface area contributed by atoms with Gasteiger partial charge in [0.1, 0.15) is 11.5 Å². The maximum absolute atomic E-state index is 13.1. The lowest BCUT2D eigenvalue weighted by Crippen LogP contribution is -2.10. The summed E-state index contributed by atoms with van der Waals surface area (Å²) in [5, 5.41) is 0. The molecule has 0 aliphatic heterocycles. The van der Waals surface area contributed by atoms with Crippen molar-refractivity contribution in [3.8, 4) is 22.9 Å². The van der Waals surface area contributed by atoms with Gasteiger partial charge in [-0.15, -0.1) is 0 Å². The Labute approximate surface area is 141 Å². The average molecular weight is 434 g/mol. The summed E-state index contributed by atoms with van der Waals surface area (Å²) in [5.74, 6) is -0.536. The molecule has 1 aromatic carbocycles. The van der Waals surface area contributed by atoms with Gasteiger partial charge in [-0.3, -0.25) is 0 Å². The van der Waals surface area contributed by atoms with Crippen LogP contribution >= 0.6 is 22.6 Å². The highest BCUT2D eigenvalue weighted by Gasteiger charge is 2.34. The van der Waals surface area contributed by atoms with E-state index < -0.39 is 17.7 Å². The van der Waals surface area contributed by atoms with Crippen molar-refractivity contribution in [1.82, 2.24) is 19.9 Å². The van der Waals surface area contributed by atoms with Gasteiger partial charge in [0.25, 0.3) is 0 Å². The van der Waals surface area contributed by atoms with Gasteiger partial charge in [-0.25, -0.2) is 19.3 Å². The molecule has 0 unspecified atom stereocenters. The first-order chi connectivity index (χ1) is 10.8. The normalized spacial score (nSPS) is 11.7. The second kappa shape index (κ2) is 5.87. The SMILES string of the molecule is Fc1ccc(-c2cc(C(F)(F)F)nc(-c3ncc(I)[nH]3)n2)cc1. The van der Waals surface area contributed by atoms with Crippen LogP contribution in [0.1, 0.15) is 5.69 Å². The van der Waals surface area contributed by atoms with Crippen molar-refractivity contribution < 1.29 is 17.6 Å². The summed E-state index contributed by atoms with van der Waals surface area (Å²) in [6.45, 7) is 0. The summed E-state index contributed by atoms with van der Waals surface area (Å²) in [6.07, 6.45) is -3.18. The van der Waals surface area contributed by atoms with Crippen LogP contribution in [-0.4, -0.2) is 19.9 Å². The van der Waals surface area contributed by atoms with Crippen LogP contribution in [0.4, 0.5) is 17.6 Å². The number of rotatable bonds is 2.